The minimum absolute atomic E-state index is 0.0186. The van der Waals surface area contributed by atoms with Crippen molar-refractivity contribution < 1.29 is 18.1 Å². The number of nitrogens with one attached hydrogen (secondary N) is 1. The molecule has 0 aromatic heterocycles. The van der Waals surface area contributed by atoms with E-state index in [1.807, 2.05) is 0 Å². The summed E-state index contributed by atoms with van der Waals surface area (Å²) in [5.74, 6) is -1.87. The van der Waals surface area contributed by atoms with E-state index in [0.717, 1.165) is 0 Å². The fraction of sp³-hybridized carbons (Fsp3) is 1.00. The lowest BCUT2D eigenvalue weighted by atomic mass is 10.1. The van der Waals surface area contributed by atoms with Crippen LogP contribution in [0.3, 0.4) is 0 Å². The van der Waals surface area contributed by atoms with Gasteiger partial charge in [-0.15, -0.1) is 0 Å². The number of rotatable bonds is 4. The molecule has 0 saturated carbocycles. The van der Waals surface area contributed by atoms with Gasteiger partial charge in [-0.25, -0.2) is 8.78 Å². The van der Waals surface area contributed by atoms with Gasteiger partial charge in [0.25, 0.3) is 5.92 Å². The van der Waals surface area contributed by atoms with E-state index in [4.69, 9.17) is 5.11 Å². The fourth-order valence-corrected chi connectivity index (χ4v) is 2.65. The number of aliphatic hydroxyl groups excluding tert-OH is 1. The summed E-state index contributed by atoms with van der Waals surface area (Å²) in [6.07, 6.45) is 1.35. The summed E-state index contributed by atoms with van der Waals surface area (Å²) < 4.78 is 36.2. The summed E-state index contributed by atoms with van der Waals surface area (Å²) in [5, 5.41) is 11.0. The Labute approximate surface area is 84.3 Å². The first kappa shape index (κ1) is 12.0. The lowest BCUT2D eigenvalue weighted by Crippen LogP contribution is -2.43. The van der Waals surface area contributed by atoms with Crippen molar-refractivity contribution in [3.05, 3.63) is 0 Å². The van der Waals surface area contributed by atoms with Gasteiger partial charge in [0.05, 0.1) is 6.54 Å². The smallest absolute Gasteiger partial charge is 0.282 e. The molecule has 1 fully saturated rings. The first-order valence-electron chi connectivity index (χ1n) is 4.60. The molecule has 1 heterocycles. The molecule has 84 valence electrons. The van der Waals surface area contributed by atoms with Crippen molar-refractivity contribution in [1.82, 2.24) is 5.32 Å². The largest absolute Gasteiger partial charge is 0.390 e. The average Bonchev–Trinajstić information content (AvgIpc) is 2.17. The van der Waals surface area contributed by atoms with Crippen molar-refractivity contribution in [2.45, 2.75) is 24.8 Å². The maximum atomic E-state index is 12.6. The van der Waals surface area contributed by atoms with E-state index in [0.29, 0.717) is 24.3 Å². The van der Waals surface area contributed by atoms with E-state index < -0.39 is 29.9 Å². The quantitative estimate of drug-likeness (QED) is 0.717. The number of aliphatic hydroxyl groups is 1. The highest BCUT2D eigenvalue weighted by atomic mass is 32.2. The van der Waals surface area contributed by atoms with Crippen LogP contribution in [0.25, 0.3) is 0 Å². The maximum absolute atomic E-state index is 12.6. The Balaban J connectivity index is 2.22. The van der Waals surface area contributed by atoms with E-state index in [2.05, 4.69) is 5.32 Å². The van der Waals surface area contributed by atoms with Crippen molar-refractivity contribution in [3.63, 3.8) is 0 Å². The molecule has 1 aliphatic heterocycles. The van der Waals surface area contributed by atoms with Gasteiger partial charge >= 0.3 is 0 Å². The highest BCUT2D eigenvalue weighted by Gasteiger charge is 2.29. The molecule has 0 unspecified atom stereocenters. The minimum atomic E-state index is -3.05. The molecule has 0 aromatic carbocycles. The lowest BCUT2D eigenvalue weighted by molar-refractivity contribution is -0.0494. The van der Waals surface area contributed by atoms with Crippen molar-refractivity contribution in [3.8, 4) is 0 Å². The van der Waals surface area contributed by atoms with Gasteiger partial charge in [0.1, 0.15) is 6.61 Å². The molecule has 14 heavy (non-hydrogen) atoms. The van der Waals surface area contributed by atoms with E-state index >= 15 is 0 Å². The van der Waals surface area contributed by atoms with Gasteiger partial charge in [-0.3, -0.25) is 4.21 Å². The molecule has 0 bridgehead atoms. The average molecular weight is 227 g/mol. The van der Waals surface area contributed by atoms with E-state index in [-0.39, 0.29) is 6.04 Å². The van der Waals surface area contributed by atoms with Crippen LogP contribution in [0.5, 0.6) is 0 Å². The Morgan fingerprint density at radius 2 is 2.00 bits per heavy atom. The molecule has 3 nitrogen and oxygen atoms in total. The topological polar surface area (TPSA) is 49.3 Å². The zero-order chi connectivity index (χ0) is 10.6. The van der Waals surface area contributed by atoms with Crippen LogP contribution in [-0.4, -0.2) is 45.9 Å². The molecular formula is C8H15F2NO2S. The number of hydrogen-bond donors (Lipinski definition) is 2. The molecule has 0 spiro atoms. The van der Waals surface area contributed by atoms with E-state index in [1.54, 1.807) is 0 Å². The Bertz CT molecular complexity index is 204. The van der Waals surface area contributed by atoms with Crippen molar-refractivity contribution in [1.29, 1.82) is 0 Å². The molecule has 6 heteroatoms. The van der Waals surface area contributed by atoms with Gasteiger partial charge in [0.15, 0.2) is 0 Å². The molecule has 0 radical (unpaired) electrons. The van der Waals surface area contributed by atoms with Crippen LogP contribution in [0.2, 0.25) is 0 Å². The maximum Gasteiger partial charge on any atom is 0.282 e. The molecule has 1 aliphatic rings. The van der Waals surface area contributed by atoms with Gasteiger partial charge in [-0.2, -0.15) is 0 Å². The highest BCUT2D eigenvalue weighted by Crippen LogP contribution is 2.13. The molecule has 2 N–H and O–H groups in total. The predicted molar refractivity (Wildman–Crippen MR) is 50.9 cm³/mol. The zero-order valence-electron chi connectivity index (χ0n) is 7.84. The van der Waals surface area contributed by atoms with E-state index in [1.165, 1.54) is 0 Å². The van der Waals surface area contributed by atoms with Crippen LogP contribution >= 0.6 is 0 Å². The molecule has 0 aromatic rings. The summed E-state index contributed by atoms with van der Waals surface area (Å²) in [6.45, 7) is -1.63. The summed E-state index contributed by atoms with van der Waals surface area (Å²) >= 11 is 0. The summed E-state index contributed by atoms with van der Waals surface area (Å²) in [5.41, 5.74) is 0. The summed E-state index contributed by atoms with van der Waals surface area (Å²) in [7, 11) is -0.764. The number of hydrogen-bond acceptors (Lipinski definition) is 3. The lowest BCUT2D eigenvalue weighted by Gasteiger charge is -2.24. The third kappa shape index (κ3) is 3.98. The second-order valence-electron chi connectivity index (χ2n) is 3.52. The molecule has 1 saturated heterocycles. The number of alkyl halides is 2. The number of halogens is 2. The van der Waals surface area contributed by atoms with Gasteiger partial charge in [-0.05, 0) is 12.8 Å². The third-order valence-corrected chi connectivity index (χ3v) is 3.65. The Hall–Kier alpha value is -0.0700. The monoisotopic (exact) mass is 227 g/mol. The Morgan fingerprint density at radius 3 is 2.50 bits per heavy atom. The SMILES string of the molecule is O=S1CCC(NCC(F)(F)CO)CC1. The molecule has 1 rings (SSSR count). The first-order chi connectivity index (χ1) is 6.53. The van der Waals surface area contributed by atoms with Crippen molar-refractivity contribution >= 4 is 10.8 Å². The Morgan fingerprint density at radius 1 is 1.43 bits per heavy atom. The molecule has 0 atom stereocenters. The minimum Gasteiger partial charge on any atom is -0.390 e. The van der Waals surface area contributed by atoms with Gasteiger partial charge in [0, 0.05) is 28.3 Å². The van der Waals surface area contributed by atoms with Crippen LogP contribution in [0.1, 0.15) is 12.8 Å². The van der Waals surface area contributed by atoms with Crippen LogP contribution in [0.4, 0.5) is 8.78 Å². The highest BCUT2D eigenvalue weighted by molar-refractivity contribution is 7.85. The fourth-order valence-electron chi connectivity index (χ4n) is 1.35. The van der Waals surface area contributed by atoms with E-state index in [9.17, 15) is 13.0 Å². The zero-order valence-corrected chi connectivity index (χ0v) is 8.66. The Kier molecular flexibility index (Phi) is 4.40. The molecular weight excluding hydrogens is 212 g/mol. The standard InChI is InChI=1S/C8H15F2NO2S/c9-8(10,6-12)5-11-7-1-3-14(13)4-2-7/h7,11-12H,1-6H2. The van der Waals surface area contributed by atoms with Crippen LogP contribution in [-0.2, 0) is 10.8 Å². The third-order valence-electron chi connectivity index (χ3n) is 2.27. The van der Waals surface area contributed by atoms with Crippen LogP contribution < -0.4 is 5.32 Å². The summed E-state index contributed by atoms with van der Waals surface area (Å²) in [6, 6.07) is 0.0186. The van der Waals surface area contributed by atoms with Crippen molar-refractivity contribution in [2.24, 2.45) is 0 Å². The second kappa shape index (κ2) is 5.14. The van der Waals surface area contributed by atoms with Crippen LogP contribution in [0.15, 0.2) is 0 Å². The molecule has 0 amide bonds. The normalized spacial score (nSPS) is 29.1. The van der Waals surface area contributed by atoms with Gasteiger partial charge in [0.2, 0.25) is 0 Å². The summed E-state index contributed by atoms with van der Waals surface area (Å²) in [4.78, 5) is 0. The first-order valence-corrected chi connectivity index (χ1v) is 6.09. The second-order valence-corrected chi connectivity index (χ2v) is 5.21. The predicted octanol–water partition coefficient (Wildman–Crippen LogP) is 0.115. The van der Waals surface area contributed by atoms with Crippen LogP contribution in [0, 0.1) is 0 Å². The van der Waals surface area contributed by atoms with Gasteiger partial charge < -0.3 is 10.4 Å². The molecule has 0 aliphatic carbocycles. The van der Waals surface area contributed by atoms with Gasteiger partial charge in [-0.1, -0.05) is 0 Å². The van der Waals surface area contributed by atoms with Crippen molar-refractivity contribution in [2.75, 3.05) is 24.7 Å².